The minimum atomic E-state index is -0.328. The second-order valence-electron chi connectivity index (χ2n) is 4.19. The Morgan fingerprint density at radius 1 is 1.25 bits per heavy atom. The quantitative estimate of drug-likeness (QED) is 0.597. The Balaban J connectivity index is 2.21. The molecule has 0 aromatic heterocycles. The molecular formula is C10H16O2. The molecule has 12 heavy (non-hydrogen) atoms. The van der Waals surface area contributed by atoms with Crippen molar-refractivity contribution in [3.8, 4) is 0 Å². The maximum atomic E-state index is 11.7. The van der Waals surface area contributed by atoms with Crippen LogP contribution in [0.25, 0.3) is 0 Å². The summed E-state index contributed by atoms with van der Waals surface area (Å²) in [7, 11) is 0. The van der Waals surface area contributed by atoms with E-state index in [1.165, 1.54) is 0 Å². The molecule has 68 valence electrons. The van der Waals surface area contributed by atoms with E-state index in [1.54, 1.807) is 0 Å². The van der Waals surface area contributed by atoms with E-state index in [9.17, 15) is 9.90 Å². The Kier molecular flexibility index (Phi) is 1.95. The number of Topliss-reactive ketones (excluding diaryl/α,β-unsaturated/α-hetero) is 1. The van der Waals surface area contributed by atoms with E-state index in [-0.39, 0.29) is 11.5 Å². The number of hydrogen-bond donors (Lipinski definition) is 1. The lowest BCUT2D eigenvalue weighted by Crippen LogP contribution is -2.40. The third kappa shape index (κ3) is 1.01. The van der Waals surface area contributed by atoms with Crippen LogP contribution in [0, 0.1) is 5.41 Å². The maximum Gasteiger partial charge on any atom is 0.141 e. The monoisotopic (exact) mass is 168 g/mol. The van der Waals surface area contributed by atoms with Crippen molar-refractivity contribution >= 4 is 5.78 Å². The largest absolute Gasteiger partial charge is 0.392 e. The molecule has 2 nitrogen and oxygen atoms in total. The zero-order valence-corrected chi connectivity index (χ0v) is 7.38. The van der Waals surface area contributed by atoms with Crippen LogP contribution < -0.4 is 0 Å². The summed E-state index contributed by atoms with van der Waals surface area (Å²) in [5, 5.41) is 9.75. The molecule has 0 aromatic carbocycles. The van der Waals surface area contributed by atoms with Crippen molar-refractivity contribution < 1.29 is 9.90 Å². The van der Waals surface area contributed by atoms with Gasteiger partial charge in [-0.15, -0.1) is 0 Å². The molecule has 2 rings (SSSR count). The van der Waals surface area contributed by atoms with Gasteiger partial charge in [-0.3, -0.25) is 4.79 Å². The number of aliphatic hydroxyl groups excluding tert-OH is 1. The average Bonchev–Trinajstić information content (AvgIpc) is 2.41. The standard InChI is InChI=1S/C10H16O2/c11-8-4-1-2-6-10(8)7-3-5-9(10)12/h9,12H,1-7H2/t9-,10-/m0/s1. The number of rotatable bonds is 0. The summed E-state index contributed by atoms with van der Waals surface area (Å²) in [5.74, 6) is 0.332. The number of carbonyl (C=O) groups excluding carboxylic acids is 1. The summed E-state index contributed by atoms with van der Waals surface area (Å²) in [6.45, 7) is 0. The van der Waals surface area contributed by atoms with Gasteiger partial charge in [0, 0.05) is 6.42 Å². The van der Waals surface area contributed by atoms with Crippen molar-refractivity contribution in [2.75, 3.05) is 0 Å². The van der Waals surface area contributed by atoms with E-state index in [2.05, 4.69) is 0 Å². The Morgan fingerprint density at radius 3 is 2.58 bits per heavy atom. The summed E-state index contributed by atoms with van der Waals surface area (Å²) >= 11 is 0. The molecule has 0 saturated heterocycles. The Hall–Kier alpha value is -0.370. The van der Waals surface area contributed by atoms with Gasteiger partial charge in [0.25, 0.3) is 0 Å². The van der Waals surface area contributed by atoms with Gasteiger partial charge >= 0.3 is 0 Å². The first-order valence-electron chi connectivity index (χ1n) is 4.97. The van der Waals surface area contributed by atoms with Gasteiger partial charge < -0.3 is 5.11 Å². The van der Waals surface area contributed by atoms with E-state index in [0.29, 0.717) is 12.2 Å². The molecule has 0 radical (unpaired) electrons. The lowest BCUT2D eigenvalue weighted by atomic mass is 9.70. The fourth-order valence-corrected chi connectivity index (χ4v) is 2.79. The minimum absolute atomic E-state index is 0.293. The second kappa shape index (κ2) is 2.84. The van der Waals surface area contributed by atoms with Gasteiger partial charge in [-0.1, -0.05) is 6.42 Å². The second-order valence-corrected chi connectivity index (χ2v) is 4.19. The van der Waals surface area contributed by atoms with Crippen molar-refractivity contribution in [3.63, 3.8) is 0 Å². The van der Waals surface area contributed by atoms with E-state index >= 15 is 0 Å². The molecular weight excluding hydrogens is 152 g/mol. The van der Waals surface area contributed by atoms with Gasteiger partial charge in [-0.25, -0.2) is 0 Å². The van der Waals surface area contributed by atoms with Gasteiger partial charge in [0.05, 0.1) is 11.5 Å². The molecule has 2 atom stereocenters. The number of carbonyl (C=O) groups is 1. The summed E-state index contributed by atoms with van der Waals surface area (Å²) in [5.41, 5.74) is -0.293. The predicted molar refractivity (Wildman–Crippen MR) is 45.8 cm³/mol. The van der Waals surface area contributed by atoms with Crippen molar-refractivity contribution in [2.24, 2.45) is 5.41 Å². The average molecular weight is 168 g/mol. The molecule has 0 heterocycles. The van der Waals surface area contributed by atoms with Gasteiger partial charge in [0.15, 0.2) is 0 Å². The van der Waals surface area contributed by atoms with Crippen LogP contribution in [0.5, 0.6) is 0 Å². The van der Waals surface area contributed by atoms with Crippen LogP contribution in [0.2, 0.25) is 0 Å². The van der Waals surface area contributed by atoms with Crippen LogP contribution in [0.15, 0.2) is 0 Å². The highest BCUT2D eigenvalue weighted by atomic mass is 16.3. The van der Waals surface area contributed by atoms with Gasteiger partial charge in [0.1, 0.15) is 5.78 Å². The molecule has 2 heteroatoms. The van der Waals surface area contributed by atoms with E-state index in [4.69, 9.17) is 0 Å². The normalized spacial score (nSPS) is 42.4. The fraction of sp³-hybridized carbons (Fsp3) is 0.900. The lowest BCUT2D eigenvalue weighted by molar-refractivity contribution is -0.136. The molecule has 0 aliphatic heterocycles. The summed E-state index contributed by atoms with van der Waals surface area (Å²) in [6, 6.07) is 0. The van der Waals surface area contributed by atoms with Crippen LogP contribution in [0.1, 0.15) is 44.9 Å². The van der Waals surface area contributed by atoms with E-state index in [1.807, 2.05) is 0 Å². The maximum absolute atomic E-state index is 11.7. The first-order chi connectivity index (χ1) is 5.76. The smallest absolute Gasteiger partial charge is 0.141 e. The highest BCUT2D eigenvalue weighted by molar-refractivity contribution is 5.86. The van der Waals surface area contributed by atoms with Crippen molar-refractivity contribution in [3.05, 3.63) is 0 Å². The minimum Gasteiger partial charge on any atom is -0.392 e. The first-order valence-corrected chi connectivity index (χ1v) is 4.97. The Bertz CT molecular complexity index is 200. The zero-order valence-electron chi connectivity index (χ0n) is 7.38. The van der Waals surface area contributed by atoms with Gasteiger partial charge in [-0.2, -0.15) is 0 Å². The molecule has 1 spiro atoms. The number of ketones is 1. The molecule has 0 amide bonds. The Morgan fingerprint density at radius 2 is 2.00 bits per heavy atom. The first kappa shape index (κ1) is 8.24. The molecule has 2 saturated carbocycles. The van der Waals surface area contributed by atoms with Crippen LogP contribution >= 0.6 is 0 Å². The predicted octanol–water partition coefficient (Wildman–Crippen LogP) is 1.66. The molecule has 0 bridgehead atoms. The topological polar surface area (TPSA) is 37.3 Å². The molecule has 1 N–H and O–H groups in total. The molecule has 2 aliphatic rings. The number of hydrogen-bond acceptors (Lipinski definition) is 2. The zero-order chi connectivity index (χ0) is 8.60. The third-order valence-corrected chi connectivity index (χ3v) is 3.57. The van der Waals surface area contributed by atoms with Gasteiger partial charge in [0.2, 0.25) is 0 Å². The lowest BCUT2D eigenvalue weighted by Gasteiger charge is -2.34. The van der Waals surface area contributed by atoms with Gasteiger partial charge in [-0.05, 0) is 32.1 Å². The molecule has 0 unspecified atom stereocenters. The fourth-order valence-electron chi connectivity index (χ4n) is 2.79. The summed E-state index contributed by atoms with van der Waals surface area (Å²) in [4.78, 5) is 11.7. The van der Waals surface area contributed by atoms with Crippen LogP contribution in [-0.2, 0) is 4.79 Å². The van der Waals surface area contributed by atoms with Crippen molar-refractivity contribution in [1.29, 1.82) is 0 Å². The highest BCUT2D eigenvalue weighted by Gasteiger charge is 2.48. The van der Waals surface area contributed by atoms with Crippen molar-refractivity contribution in [2.45, 2.75) is 51.0 Å². The number of aliphatic hydroxyl groups is 1. The van der Waals surface area contributed by atoms with E-state index < -0.39 is 0 Å². The highest BCUT2D eigenvalue weighted by Crippen LogP contribution is 2.46. The van der Waals surface area contributed by atoms with Crippen LogP contribution in [0.3, 0.4) is 0 Å². The summed E-state index contributed by atoms with van der Waals surface area (Å²) in [6.07, 6.45) is 6.29. The van der Waals surface area contributed by atoms with Crippen LogP contribution in [0.4, 0.5) is 0 Å². The summed E-state index contributed by atoms with van der Waals surface area (Å²) < 4.78 is 0. The van der Waals surface area contributed by atoms with Crippen LogP contribution in [-0.4, -0.2) is 17.0 Å². The van der Waals surface area contributed by atoms with Crippen molar-refractivity contribution in [1.82, 2.24) is 0 Å². The molecule has 2 fully saturated rings. The Labute approximate surface area is 73.0 Å². The third-order valence-electron chi connectivity index (χ3n) is 3.57. The van der Waals surface area contributed by atoms with E-state index in [0.717, 1.165) is 38.5 Å². The SMILES string of the molecule is O=C1CCCC[C@]12CCC[C@@H]2O. The molecule has 0 aromatic rings. The molecule has 2 aliphatic carbocycles.